The molecule has 1 aromatic rings. The van der Waals surface area contributed by atoms with Crippen LogP contribution in [0.5, 0.6) is 0 Å². The number of benzene rings is 1. The molecular weight excluding hydrogens is 349 g/mol. The van der Waals surface area contributed by atoms with Crippen LogP contribution in [0, 0.1) is 0 Å². The van der Waals surface area contributed by atoms with Crippen molar-refractivity contribution < 1.29 is 27.4 Å². The van der Waals surface area contributed by atoms with Crippen LogP contribution in [-0.2, 0) is 26.9 Å². The van der Waals surface area contributed by atoms with Crippen LogP contribution < -0.4 is 5.32 Å². The number of alkyl halides is 3. The van der Waals surface area contributed by atoms with Crippen molar-refractivity contribution in [2.45, 2.75) is 31.2 Å². The van der Waals surface area contributed by atoms with E-state index in [-0.39, 0.29) is 24.1 Å². The first-order chi connectivity index (χ1) is 12.3. The van der Waals surface area contributed by atoms with E-state index in [0.717, 1.165) is 12.6 Å². The Morgan fingerprint density at radius 2 is 2.08 bits per heavy atom. The summed E-state index contributed by atoms with van der Waals surface area (Å²) >= 11 is 0. The third kappa shape index (κ3) is 6.26. The lowest BCUT2D eigenvalue weighted by Crippen LogP contribution is -2.51. The molecule has 8 heteroatoms. The fourth-order valence-corrected chi connectivity index (χ4v) is 2.82. The average Bonchev–Trinajstić information content (AvgIpc) is 2.55. The van der Waals surface area contributed by atoms with Crippen LogP contribution in [0.3, 0.4) is 0 Å². The van der Waals surface area contributed by atoms with E-state index in [4.69, 9.17) is 9.47 Å². The van der Waals surface area contributed by atoms with Crippen molar-refractivity contribution in [1.82, 2.24) is 10.2 Å². The minimum Gasteiger partial charge on any atom is -0.379 e. The zero-order valence-electron chi connectivity index (χ0n) is 15.0. The molecular formula is C18H25F3N2O3. The van der Waals surface area contributed by atoms with E-state index in [9.17, 15) is 18.0 Å². The molecule has 26 heavy (non-hydrogen) atoms. The highest BCUT2D eigenvalue weighted by molar-refractivity contribution is 5.79. The maximum atomic E-state index is 13.0. The molecule has 1 heterocycles. The molecule has 1 aliphatic heterocycles. The van der Waals surface area contributed by atoms with Crippen molar-refractivity contribution in [3.63, 3.8) is 0 Å². The third-order valence-electron chi connectivity index (χ3n) is 4.18. The molecule has 0 spiro atoms. The summed E-state index contributed by atoms with van der Waals surface area (Å²) in [5, 5.41) is 2.76. The van der Waals surface area contributed by atoms with E-state index in [0.29, 0.717) is 26.2 Å². The average molecular weight is 374 g/mol. The topological polar surface area (TPSA) is 50.8 Å². The normalized spacial score (nSPS) is 21.0. The second kappa shape index (κ2) is 9.34. The first kappa shape index (κ1) is 20.7. The highest BCUT2D eigenvalue weighted by Crippen LogP contribution is 2.32. The van der Waals surface area contributed by atoms with Crippen molar-refractivity contribution in [2.24, 2.45) is 0 Å². The van der Waals surface area contributed by atoms with E-state index < -0.39 is 17.6 Å². The van der Waals surface area contributed by atoms with Gasteiger partial charge in [-0.3, -0.25) is 4.79 Å². The molecule has 0 aliphatic carbocycles. The maximum Gasteiger partial charge on any atom is 0.416 e. The molecule has 1 amide bonds. The zero-order chi connectivity index (χ0) is 19.2. The SMILES string of the molecule is CN(C)CCO[C@@H]1CCOC[C@@H]1NC(=O)Cc1ccccc1C(F)(F)F. The summed E-state index contributed by atoms with van der Waals surface area (Å²) in [6, 6.07) is 4.75. The van der Waals surface area contributed by atoms with E-state index >= 15 is 0 Å². The second-order valence-corrected chi connectivity index (χ2v) is 6.58. The molecule has 1 N–H and O–H groups in total. The maximum absolute atomic E-state index is 13.0. The van der Waals surface area contributed by atoms with Gasteiger partial charge in [0.25, 0.3) is 0 Å². The largest absolute Gasteiger partial charge is 0.416 e. The van der Waals surface area contributed by atoms with Gasteiger partial charge in [-0.2, -0.15) is 13.2 Å². The van der Waals surface area contributed by atoms with Crippen LogP contribution in [0.1, 0.15) is 17.5 Å². The van der Waals surface area contributed by atoms with E-state index in [1.165, 1.54) is 18.2 Å². The number of rotatable bonds is 7. The Morgan fingerprint density at radius 3 is 2.77 bits per heavy atom. The summed E-state index contributed by atoms with van der Waals surface area (Å²) < 4.78 is 50.3. The minimum atomic E-state index is -4.48. The standard InChI is InChI=1S/C18H25F3N2O3/c1-23(2)8-10-26-16-7-9-25-12-15(16)22-17(24)11-13-5-3-4-6-14(13)18(19,20)21/h3-6,15-16H,7-12H2,1-2H3,(H,22,24)/t15-,16+/m0/s1. The molecule has 1 saturated heterocycles. The fourth-order valence-electron chi connectivity index (χ4n) is 2.82. The molecule has 1 aliphatic rings. The van der Waals surface area contributed by atoms with Gasteiger partial charge in [0.05, 0.1) is 37.3 Å². The van der Waals surface area contributed by atoms with Gasteiger partial charge in [-0.1, -0.05) is 18.2 Å². The quantitative estimate of drug-likeness (QED) is 0.794. The highest BCUT2D eigenvalue weighted by Gasteiger charge is 2.34. The van der Waals surface area contributed by atoms with Crippen molar-refractivity contribution in [3.8, 4) is 0 Å². The van der Waals surface area contributed by atoms with Crippen molar-refractivity contribution in [3.05, 3.63) is 35.4 Å². The Balaban J connectivity index is 1.95. The Hall–Kier alpha value is -1.64. The van der Waals surface area contributed by atoms with Crippen LogP contribution >= 0.6 is 0 Å². The van der Waals surface area contributed by atoms with E-state index in [1.807, 2.05) is 19.0 Å². The van der Waals surface area contributed by atoms with Crippen LogP contribution in [0.4, 0.5) is 13.2 Å². The smallest absolute Gasteiger partial charge is 0.379 e. The predicted octanol–water partition coefficient (Wildman–Crippen LogP) is 2.10. The summed E-state index contributed by atoms with van der Waals surface area (Å²) in [5.41, 5.74) is -0.826. The molecule has 1 aromatic carbocycles. The molecule has 146 valence electrons. The number of hydrogen-bond acceptors (Lipinski definition) is 4. The van der Waals surface area contributed by atoms with Crippen LogP contribution in [0.15, 0.2) is 24.3 Å². The first-order valence-corrected chi connectivity index (χ1v) is 8.56. The van der Waals surface area contributed by atoms with Gasteiger partial charge in [-0.25, -0.2) is 0 Å². The van der Waals surface area contributed by atoms with Gasteiger partial charge in [0.15, 0.2) is 0 Å². The van der Waals surface area contributed by atoms with E-state index in [2.05, 4.69) is 5.32 Å². The summed E-state index contributed by atoms with van der Waals surface area (Å²) in [6.45, 7) is 2.09. The number of likely N-dealkylation sites (N-methyl/N-ethyl adjacent to an activating group) is 1. The van der Waals surface area contributed by atoms with Crippen LogP contribution in [0.25, 0.3) is 0 Å². The fraction of sp³-hybridized carbons (Fsp3) is 0.611. The zero-order valence-corrected chi connectivity index (χ0v) is 15.0. The Morgan fingerprint density at radius 1 is 1.35 bits per heavy atom. The van der Waals surface area contributed by atoms with Gasteiger partial charge < -0.3 is 19.7 Å². The lowest BCUT2D eigenvalue weighted by Gasteiger charge is -2.32. The monoisotopic (exact) mass is 374 g/mol. The molecule has 1 fully saturated rings. The molecule has 2 rings (SSSR count). The Bertz CT molecular complexity index is 593. The molecule has 2 atom stereocenters. The van der Waals surface area contributed by atoms with Gasteiger partial charge in [-0.15, -0.1) is 0 Å². The molecule has 0 radical (unpaired) electrons. The number of carbonyl (C=O) groups excluding carboxylic acids is 1. The second-order valence-electron chi connectivity index (χ2n) is 6.58. The van der Waals surface area contributed by atoms with Gasteiger partial charge in [0.2, 0.25) is 5.91 Å². The molecule has 0 saturated carbocycles. The minimum absolute atomic E-state index is 0.0423. The molecule has 0 aromatic heterocycles. The number of nitrogens with zero attached hydrogens (tertiary/aromatic N) is 1. The highest BCUT2D eigenvalue weighted by atomic mass is 19.4. The number of ether oxygens (including phenoxy) is 2. The number of halogens is 3. The van der Waals surface area contributed by atoms with E-state index in [1.54, 1.807) is 0 Å². The lowest BCUT2D eigenvalue weighted by molar-refractivity contribution is -0.138. The van der Waals surface area contributed by atoms with Gasteiger partial charge in [0.1, 0.15) is 0 Å². The summed E-state index contributed by atoms with van der Waals surface area (Å²) in [6.07, 6.45) is -4.39. The summed E-state index contributed by atoms with van der Waals surface area (Å²) in [4.78, 5) is 14.3. The Labute approximate surface area is 151 Å². The van der Waals surface area contributed by atoms with Crippen molar-refractivity contribution in [2.75, 3.05) is 40.5 Å². The summed E-state index contributed by atoms with van der Waals surface area (Å²) in [7, 11) is 3.87. The third-order valence-corrected chi connectivity index (χ3v) is 4.18. The lowest BCUT2D eigenvalue weighted by atomic mass is 10.0. The van der Waals surface area contributed by atoms with Gasteiger partial charge in [0, 0.05) is 13.2 Å². The van der Waals surface area contributed by atoms with Gasteiger partial charge in [-0.05, 0) is 32.1 Å². The van der Waals surface area contributed by atoms with Crippen molar-refractivity contribution in [1.29, 1.82) is 0 Å². The first-order valence-electron chi connectivity index (χ1n) is 8.56. The molecule has 0 bridgehead atoms. The number of hydrogen-bond donors (Lipinski definition) is 1. The Kier molecular flexibility index (Phi) is 7.43. The number of carbonyl (C=O) groups is 1. The predicted molar refractivity (Wildman–Crippen MR) is 90.8 cm³/mol. The number of amides is 1. The summed E-state index contributed by atoms with van der Waals surface area (Å²) in [5.74, 6) is -0.474. The number of nitrogens with one attached hydrogen (secondary N) is 1. The van der Waals surface area contributed by atoms with Crippen LogP contribution in [-0.4, -0.2) is 63.4 Å². The van der Waals surface area contributed by atoms with Crippen LogP contribution in [0.2, 0.25) is 0 Å². The molecule has 0 unspecified atom stereocenters. The molecule has 5 nitrogen and oxygen atoms in total. The van der Waals surface area contributed by atoms with Crippen molar-refractivity contribution >= 4 is 5.91 Å². The van der Waals surface area contributed by atoms with Gasteiger partial charge >= 0.3 is 6.18 Å².